The third kappa shape index (κ3) is 5.57. The van der Waals surface area contributed by atoms with E-state index in [1.807, 2.05) is 9.80 Å². The topological polar surface area (TPSA) is 70.1 Å². The Morgan fingerprint density at radius 1 is 1.37 bits per heavy atom. The van der Waals surface area contributed by atoms with E-state index in [1.54, 1.807) is 14.0 Å². The van der Waals surface area contributed by atoms with Crippen LogP contribution in [0.5, 0.6) is 0 Å². The highest BCUT2D eigenvalue weighted by Crippen LogP contribution is 2.09. The summed E-state index contributed by atoms with van der Waals surface area (Å²) in [4.78, 5) is 26.7. The van der Waals surface area contributed by atoms with Crippen LogP contribution in [0.1, 0.15) is 19.8 Å². The van der Waals surface area contributed by atoms with Gasteiger partial charge in [-0.05, 0) is 12.8 Å². The minimum atomic E-state index is -0.837. The molecule has 0 aromatic rings. The van der Waals surface area contributed by atoms with Gasteiger partial charge in [-0.15, -0.1) is 0 Å². The van der Waals surface area contributed by atoms with E-state index in [0.717, 1.165) is 25.9 Å². The Morgan fingerprint density at radius 3 is 2.53 bits per heavy atom. The first-order chi connectivity index (χ1) is 9.04. The molecule has 19 heavy (non-hydrogen) atoms. The lowest BCUT2D eigenvalue weighted by Crippen LogP contribution is -2.42. The number of ether oxygens (including phenoxy) is 1. The fraction of sp³-hybridized carbons (Fsp3) is 0.846. The van der Waals surface area contributed by atoms with Crippen molar-refractivity contribution in [1.82, 2.24) is 9.80 Å². The van der Waals surface area contributed by atoms with E-state index < -0.39 is 11.9 Å². The molecule has 0 aliphatic carbocycles. The number of hydrogen-bond acceptors (Lipinski definition) is 4. The monoisotopic (exact) mass is 272 g/mol. The van der Waals surface area contributed by atoms with Crippen molar-refractivity contribution in [3.63, 3.8) is 0 Å². The van der Waals surface area contributed by atoms with Gasteiger partial charge < -0.3 is 14.7 Å². The molecule has 1 N–H and O–H groups in total. The fourth-order valence-corrected chi connectivity index (χ4v) is 2.18. The zero-order chi connectivity index (χ0) is 14.3. The number of rotatable bonds is 8. The molecule has 6 nitrogen and oxygen atoms in total. The summed E-state index contributed by atoms with van der Waals surface area (Å²) in [5, 5.41) is 8.95. The first-order valence-corrected chi connectivity index (χ1v) is 6.76. The molecule has 1 aliphatic heterocycles. The molecule has 1 amide bonds. The van der Waals surface area contributed by atoms with Gasteiger partial charge in [0.1, 0.15) is 0 Å². The Kier molecular flexibility index (Phi) is 6.80. The first-order valence-electron chi connectivity index (χ1n) is 6.76. The van der Waals surface area contributed by atoms with Crippen LogP contribution in [0.25, 0.3) is 0 Å². The van der Waals surface area contributed by atoms with Crippen LogP contribution < -0.4 is 0 Å². The predicted octanol–water partition coefficient (Wildman–Crippen LogP) is 0.278. The maximum atomic E-state index is 12.1. The van der Waals surface area contributed by atoms with E-state index in [-0.39, 0.29) is 12.5 Å². The van der Waals surface area contributed by atoms with Gasteiger partial charge in [-0.1, -0.05) is 6.92 Å². The van der Waals surface area contributed by atoms with Crippen LogP contribution in [-0.4, -0.2) is 73.2 Å². The molecule has 1 unspecified atom stereocenters. The SMILES string of the molecule is COCCN(CC(=O)N1CCCC1)CC(C)C(=O)O. The molecule has 0 radical (unpaired) electrons. The van der Waals surface area contributed by atoms with Crippen molar-refractivity contribution in [2.75, 3.05) is 46.4 Å². The van der Waals surface area contributed by atoms with Gasteiger partial charge in [0, 0.05) is 33.3 Å². The van der Waals surface area contributed by atoms with Gasteiger partial charge in [-0.25, -0.2) is 0 Å². The summed E-state index contributed by atoms with van der Waals surface area (Å²) < 4.78 is 5.01. The molecule has 0 spiro atoms. The van der Waals surface area contributed by atoms with E-state index in [4.69, 9.17) is 9.84 Å². The molecule has 0 aromatic carbocycles. The molecule has 0 saturated carbocycles. The van der Waals surface area contributed by atoms with Crippen LogP contribution in [-0.2, 0) is 14.3 Å². The summed E-state index contributed by atoms with van der Waals surface area (Å²) in [5.74, 6) is -1.23. The van der Waals surface area contributed by atoms with Crippen molar-refractivity contribution in [2.45, 2.75) is 19.8 Å². The van der Waals surface area contributed by atoms with Gasteiger partial charge in [-0.3, -0.25) is 14.5 Å². The normalized spacial score (nSPS) is 16.9. The number of methoxy groups -OCH3 is 1. The van der Waals surface area contributed by atoms with Gasteiger partial charge in [-0.2, -0.15) is 0 Å². The maximum Gasteiger partial charge on any atom is 0.307 e. The third-order valence-corrected chi connectivity index (χ3v) is 3.38. The number of nitrogens with zero attached hydrogens (tertiary/aromatic N) is 2. The second-order valence-corrected chi connectivity index (χ2v) is 5.06. The zero-order valence-electron chi connectivity index (χ0n) is 11.8. The van der Waals surface area contributed by atoms with Crippen LogP contribution in [0.2, 0.25) is 0 Å². The number of carbonyl (C=O) groups excluding carboxylic acids is 1. The second kappa shape index (κ2) is 8.12. The molecular weight excluding hydrogens is 248 g/mol. The summed E-state index contributed by atoms with van der Waals surface area (Å²) >= 11 is 0. The molecule has 0 bridgehead atoms. The average molecular weight is 272 g/mol. The first kappa shape index (κ1) is 15.9. The van der Waals surface area contributed by atoms with E-state index in [0.29, 0.717) is 19.7 Å². The Balaban J connectivity index is 2.47. The Bertz CT molecular complexity index is 303. The van der Waals surface area contributed by atoms with Crippen molar-refractivity contribution >= 4 is 11.9 Å². The third-order valence-electron chi connectivity index (χ3n) is 3.38. The number of hydrogen-bond donors (Lipinski definition) is 1. The molecule has 1 rings (SSSR count). The van der Waals surface area contributed by atoms with E-state index in [1.165, 1.54) is 0 Å². The molecule has 1 saturated heterocycles. The molecule has 0 aromatic heterocycles. The van der Waals surface area contributed by atoms with E-state index >= 15 is 0 Å². The van der Waals surface area contributed by atoms with Crippen LogP contribution in [0, 0.1) is 5.92 Å². The summed E-state index contributed by atoms with van der Waals surface area (Å²) in [6.07, 6.45) is 2.13. The highest BCUT2D eigenvalue weighted by molar-refractivity contribution is 5.78. The maximum absolute atomic E-state index is 12.1. The van der Waals surface area contributed by atoms with Crippen molar-refractivity contribution < 1.29 is 19.4 Å². The number of aliphatic carboxylic acids is 1. The van der Waals surface area contributed by atoms with E-state index in [9.17, 15) is 9.59 Å². The van der Waals surface area contributed by atoms with Gasteiger partial charge in [0.2, 0.25) is 5.91 Å². The number of carboxylic acid groups (broad SMARTS) is 1. The van der Waals surface area contributed by atoms with Crippen molar-refractivity contribution in [3.05, 3.63) is 0 Å². The standard InChI is InChI=1S/C13H24N2O4/c1-11(13(17)18)9-14(7-8-19-2)10-12(16)15-5-3-4-6-15/h11H,3-10H2,1-2H3,(H,17,18). The smallest absolute Gasteiger partial charge is 0.307 e. The molecule has 6 heteroatoms. The highest BCUT2D eigenvalue weighted by Gasteiger charge is 2.22. The zero-order valence-corrected chi connectivity index (χ0v) is 11.8. The van der Waals surface area contributed by atoms with Crippen molar-refractivity contribution in [1.29, 1.82) is 0 Å². The molecule has 1 fully saturated rings. The molecule has 1 aliphatic rings. The largest absolute Gasteiger partial charge is 0.481 e. The van der Waals surface area contributed by atoms with Crippen molar-refractivity contribution in [2.24, 2.45) is 5.92 Å². The van der Waals surface area contributed by atoms with Gasteiger partial charge in [0.15, 0.2) is 0 Å². The Labute approximate surface area is 114 Å². The van der Waals surface area contributed by atoms with Crippen LogP contribution in [0.15, 0.2) is 0 Å². The minimum absolute atomic E-state index is 0.0891. The number of carbonyl (C=O) groups is 2. The number of likely N-dealkylation sites (tertiary alicyclic amines) is 1. The summed E-state index contributed by atoms with van der Waals surface area (Å²) in [6.45, 7) is 5.03. The van der Waals surface area contributed by atoms with Crippen LogP contribution >= 0.6 is 0 Å². The van der Waals surface area contributed by atoms with Gasteiger partial charge in [0.25, 0.3) is 0 Å². The van der Waals surface area contributed by atoms with Gasteiger partial charge >= 0.3 is 5.97 Å². The average Bonchev–Trinajstić information content (AvgIpc) is 2.89. The Morgan fingerprint density at radius 2 is 2.00 bits per heavy atom. The molecule has 1 heterocycles. The lowest BCUT2D eigenvalue weighted by molar-refractivity contribution is -0.142. The highest BCUT2D eigenvalue weighted by atomic mass is 16.5. The van der Waals surface area contributed by atoms with Crippen LogP contribution in [0.4, 0.5) is 0 Å². The summed E-state index contributed by atoms with van der Waals surface area (Å²) in [7, 11) is 1.60. The fourth-order valence-electron chi connectivity index (χ4n) is 2.18. The quantitative estimate of drug-likeness (QED) is 0.687. The summed E-state index contributed by atoms with van der Waals surface area (Å²) in [5.41, 5.74) is 0. The lowest BCUT2D eigenvalue weighted by atomic mass is 10.1. The Hall–Kier alpha value is -1.14. The summed E-state index contributed by atoms with van der Waals surface area (Å²) in [6, 6.07) is 0. The number of amides is 1. The van der Waals surface area contributed by atoms with E-state index in [2.05, 4.69) is 0 Å². The van der Waals surface area contributed by atoms with Gasteiger partial charge in [0.05, 0.1) is 19.1 Å². The van der Waals surface area contributed by atoms with Crippen LogP contribution in [0.3, 0.4) is 0 Å². The lowest BCUT2D eigenvalue weighted by Gasteiger charge is -2.25. The predicted molar refractivity (Wildman–Crippen MR) is 70.9 cm³/mol. The second-order valence-electron chi connectivity index (χ2n) is 5.06. The van der Waals surface area contributed by atoms with Crippen molar-refractivity contribution in [3.8, 4) is 0 Å². The molecular formula is C13H24N2O4. The molecule has 110 valence electrons. The molecule has 1 atom stereocenters. The number of carboxylic acids is 1. The minimum Gasteiger partial charge on any atom is -0.481 e.